The van der Waals surface area contributed by atoms with Gasteiger partial charge in [0, 0.05) is 25.2 Å². The van der Waals surface area contributed by atoms with Crippen LogP contribution in [0.1, 0.15) is 33.8 Å². The molecule has 0 radical (unpaired) electrons. The number of aromatic nitrogens is 3. The molecule has 1 amide bonds. The van der Waals surface area contributed by atoms with Gasteiger partial charge in [0.15, 0.2) is 0 Å². The minimum Gasteiger partial charge on any atom is -0.338 e. The number of alkyl halides is 3. The van der Waals surface area contributed by atoms with Gasteiger partial charge in [-0.15, -0.1) is 0 Å². The zero-order valence-electron chi connectivity index (χ0n) is 17.0. The summed E-state index contributed by atoms with van der Waals surface area (Å²) < 4.78 is 40.9. The smallest absolute Gasteiger partial charge is 0.338 e. The molecule has 1 saturated heterocycles. The van der Waals surface area contributed by atoms with Crippen LogP contribution in [0.5, 0.6) is 0 Å². The van der Waals surface area contributed by atoms with E-state index in [9.17, 15) is 18.0 Å². The maximum Gasteiger partial charge on any atom is 0.416 e. The molecule has 2 aromatic carbocycles. The van der Waals surface area contributed by atoms with Gasteiger partial charge in [-0.1, -0.05) is 30.3 Å². The Hall–Kier alpha value is -3.68. The molecule has 162 valence electrons. The molecule has 0 bridgehead atoms. The van der Waals surface area contributed by atoms with E-state index in [4.69, 9.17) is 0 Å². The molecule has 1 fully saturated rings. The van der Waals surface area contributed by atoms with E-state index in [2.05, 4.69) is 9.97 Å². The number of amides is 1. The van der Waals surface area contributed by atoms with Gasteiger partial charge in [-0.25, -0.2) is 9.97 Å². The van der Waals surface area contributed by atoms with Gasteiger partial charge in [0.05, 0.1) is 22.2 Å². The van der Waals surface area contributed by atoms with Crippen LogP contribution in [0.3, 0.4) is 0 Å². The summed E-state index contributed by atoms with van der Waals surface area (Å²) in [5, 5.41) is 0. The van der Waals surface area contributed by atoms with Gasteiger partial charge < -0.3 is 4.90 Å². The van der Waals surface area contributed by atoms with Crippen molar-refractivity contribution in [2.45, 2.75) is 18.5 Å². The number of carbonyl (C=O) groups is 1. The first-order chi connectivity index (χ1) is 15.4. The highest BCUT2D eigenvalue weighted by Crippen LogP contribution is 2.34. The van der Waals surface area contributed by atoms with Crippen molar-refractivity contribution in [1.29, 1.82) is 0 Å². The van der Waals surface area contributed by atoms with Crippen molar-refractivity contribution in [2.75, 3.05) is 13.1 Å². The number of likely N-dealkylation sites (tertiary alicyclic amines) is 1. The Morgan fingerprint density at radius 2 is 1.84 bits per heavy atom. The van der Waals surface area contributed by atoms with Crippen molar-refractivity contribution in [3.63, 3.8) is 0 Å². The van der Waals surface area contributed by atoms with Crippen molar-refractivity contribution < 1.29 is 18.0 Å². The summed E-state index contributed by atoms with van der Waals surface area (Å²) >= 11 is 0. The van der Waals surface area contributed by atoms with E-state index in [-0.39, 0.29) is 11.8 Å². The quantitative estimate of drug-likeness (QED) is 0.451. The lowest BCUT2D eigenvalue weighted by atomic mass is 9.96. The van der Waals surface area contributed by atoms with E-state index in [1.165, 1.54) is 18.3 Å². The normalized spacial score (nSPS) is 16.6. The summed E-state index contributed by atoms with van der Waals surface area (Å²) in [6, 6.07) is 16.6. The van der Waals surface area contributed by atoms with Crippen LogP contribution in [0.25, 0.3) is 16.9 Å². The highest BCUT2D eigenvalue weighted by molar-refractivity contribution is 5.94. The molecule has 1 aliphatic heterocycles. The first kappa shape index (κ1) is 20.2. The van der Waals surface area contributed by atoms with Crippen LogP contribution in [0.4, 0.5) is 13.2 Å². The van der Waals surface area contributed by atoms with Crippen molar-refractivity contribution in [2.24, 2.45) is 0 Å². The lowest BCUT2D eigenvalue weighted by Crippen LogP contribution is -2.28. The molecule has 5 nitrogen and oxygen atoms in total. The van der Waals surface area contributed by atoms with Crippen LogP contribution >= 0.6 is 0 Å². The molecule has 0 aliphatic carbocycles. The highest BCUT2D eigenvalue weighted by atomic mass is 19.4. The Morgan fingerprint density at radius 3 is 2.62 bits per heavy atom. The topological polar surface area (TPSA) is 51.0 Å². The number of benzene rings is 2. The number of para-hydroxylation sites is 2. The number of pyridine rings is 1. The molecule has 4 aromatic rings. The lowest BCUT2D eigenvalue weighted by molar-refractivity contribution is -0.137. The van der Waals surface area contributed by atoms with Gasteiger partial charge in [-0.05, 0) is 42.3 Å². The van der Waals surface area contributed by atoms with Crippen molar-refractivity contribution in [3.05, 3.63) is 89.9 Å². The summed E-state index contributed by atoms with van der Waals surface area (Å²) in [6.45, 7) is 0.877. The molecule has 0 saturated carbocycles. The third-order valence-corrected chi connectivity index (χ3v) is 5.86. The monoisotopic (exact) mass is 436 g/mol. The van der Waals surface area contributed by atoms with Gasteiger partial charge in [0.2, 0.25) is 0 Å². The van der Waals surface area contributed by atoms with Crippen LogP contribution in [0.15, 0.2) is 73.2 Å². The zero-order valence-corrected chi connectivity index (χ0v) is 17.0. The molecule has 1 unspecified atom stereocenters. The molecule has 2 aromatic heterocycles. The van der Waals surface area contributed by atoms with Crippen molar-refractivity contribution in [1.82, 2.24) is 19.4 Å². The molecule has 5 rings (SSSR count). The number of hydrogen-bond donors (Lipinski definition) is 0. The predicted molar refractivity (Wildman–Crippen MR) is 114 cm³/mol. The number of rotatable bonds is 3. The maximum absolute atomic E-state index is 13.0. The predicted octanol–water partition coefficient (Wildman–Crippen LogP) is 5.07. The minimum atomic E-state index is -4.38. The van der Waals surface area contributed by atoms with Gasteiger partial charge >= 0.3 is 6.18 Å². The fourth-order valence-electron chi connectivity index (χ4n) is 4.17. The fraction of sp³-hybridized carbons (Fsp3) is 0.208. The second kappa shape index (κ2) is 7.78. The first-order valence-electron chi connectivity index (χ1n) is 10.2. The molecule has 3 heterocycles. The van der Waals surface area contributed by atoms with E-state index in [0.29, 0.717) is 36.5 Å². The molecule has 1 atom stereocenters. The van der Waals surface area contributed by atoms with Crippen LogP contribution in [-0.2, 0) is 6.18 Å². The average Bonchev–Trinajstić information content (AvgIpc) is 3.46. The van der Waals surface area contributed by atoms with Gasteiger partial charge in [0.1, 0.15) is 12.1 Å². The number of hydrogen-bond acceptors (Lipinski definition) is 3. The third-order valence-electron chi connectivity index (χ3n) is 5.86. The first-order valence-corrected chi connectivity index (χ1v) is 10.2. The number of imidazole rings is 1. The van der Waals surface area contributed by atoms with Crippen molar-refractivity contribution >= 4 is 16.9 Å². The Kier molecular flexibility index (Phi) is 4.92. The molecule has 1 aliphatic rings. The van der Waals surface area contributed by atoms with E-state index in [1.807, 2.05) is 28.8 Å². The maximum atomic E-state index is 13.0. The van der Waals surface area contributed by atoms with Gasteiger partial charge in [-0.3, -0.25) is 9.36 Å². The summed E-state index contributed by atoms with van der Waals surface area (Å²) in [7, 11) is 0. The molecule has 0 spiro atoms. The minimum absolute atomic E-state index is 0.120. The SMILES string of the molecule is O=C(c1ccc(-n2cnc3ccccc32)nc1)N1CCC(c2cccc(C(F)(F)F)c2)C1. The largest absolute Gasteiger partial charge is 0.416 e. The number of fused-ring (bicyclic) bond motifs is 1. The summed E-state index contributed by atoms with van der Waals surface area (Å²) in [5.74, 6) is 0.360. The van der Waals surface area contributed by atoms with E-state index >= 15 is 0 Å². The second-order valence-electron chi connectivity index (χ2n) is 7.87. The van der Waals surface area contributed by atoms with Crippen LogP contribution in [-0.4, -0.2) is 38.4 Å². The zero-order chi connectivity index (χ0) is 22.3. The highest BCUT2D eigenvalue weighted by Gasteiger charge is 2.33. The van der Waals surface area contributed by atoms with E-state index in [1.54, 1.807) is 29.4 Å². The Balaban J connectivity index is 1.31. The molecule has 8 heteroatoms. The molecule has 32 heavy (non-hydrogen) atoms. The lowest BCUT2D eigenvalue weighted by Gasteiger charge is -2.17. The summed E-state index contributed by atoms with van der Waals surface area (Å²) in [6.07, 6.45) is -0.531. The second-order valence-corrected chi connectivity index (χ2v) is 7.87. The van der Waals surface area contributed by atoms with Gasteiger partial charge in [0.25, 0.3) is 5.91 Å². The number of carbonyl (C=O) groups excluding carboxylic acids is 1. The fourth-order valence-corrected chi connectivity index (χ4v) is 4.17. The van der Waals surface area contributed by atoms with E-state index in [0.717, 1.165) is 17.1 Å². The summed E-state index contributed by atoms with van der Waals surface area (Å²) in [4.78, 5) is 23.4. The average molecular weight is 436 g/mol. The Morgan fingerprint density at radius 1 is 1.00 bits per heavy atom. The van der Waals surface area contributed by atoms with Crippen molar-refractivity contribution in [3.8, 4) is 5.82 Å². The Labute approximate surface area is 182 Å². The van der Waals surface area contributed by atoms with E-state index < -0.39 is 11.7 Å². The number of halogens is 3. The molecule has 0 N–H and O–H groups in total. The molecular weight excluding hydrogens is 417 g/mol. The molecular formula is C24H19F3N4O. The Bertz CT molecular complexity index is 1280. The standard InChI is InChI=1S/C24H19F3N4O/c25-24(26,27)19-5-3-4-16(12-19)18-10-11-30(14-18)23(32)17-8-9-22(28-13-17)31-15-29-20-6-1-2-7-21(20)31/h1-9,12-13,15,18H,10-11,14H2. The number of nitrogens with zero attached hydrogens (tertiary/aromatic N) is 4. The van der Waals surface area contributed by atoms with Crippen LogP contribution in [0, 0.1) is 0 Å². The summed E-state index contributed by atoms with van der Waals surface area (Å²) in [5.41, 5.74) is 2.17. The third kappa shape index (κ3) is 3.72. The van der Waals surface area contributed by atoms with Crippen LogP contribution < -0.4 is 0 Å². The van der Waals surface area contributed by atoms with Gasteiger partial charge in [-0.2, -0.15) is 13.2 Å². The van der Waals surface area contributed by atoms with Crippen LogP contribution in [0.2, 0.25) is 0 Å².